The van der Waals surface area contributed by atoms with Crippen molar-refractivity contribution < 1.29 is 14.7 Å². The third kappa shape index (κ3) is 15.8. The van der Waals surface area contributed by atoms with Crippen molar-refractivity contribution in [2.24, 2.45) is 0 Å². The predicted octanol–water partition coefficient (Wildman–Crippen LogP) is 2.94. The summed E-state index contributed by atoms with van der Waals surface area (Å²) in [7, 11) is 0. The van der Waals surface area contributed by atoms with Crippen molar-refractivity contribution in [3.05, 3.63) is 0 Å². The van der Waals surface area contributed by atoms with E-state index in [1.807, 2.05) is 0 Å². The maximum Gasteiger partial charge on any atom is 0.303 e. The summed E-state index contributed by atoms with van der Waals surface area (Å²) in [6.45, 7) is 1.62. The molecule has 0 atom stereocenters. The van der Waals surface area contributed by atoms with Gasteiger partial charge in [0.25, 0.3) is 0 Å². The first-order valence-corrected chi connectivity index (χ1v) is 5.34. The molecule has 0 bridgehead atoms. The third-order valence-electron chi connectivity index (χ3n) is 2.17. The highest BCUT2D eigenvalue weighted by atomic mass is 16.4. The zero-order valence-electron chi connectivity index (χ0n) is 9.63. The largest absolute Gasteiger partial charge is 0.481 e. The van der Waals surface area contributed by atoms with Crippen LogP contribution in [0.3, 0.4) is 0 Å². The van der Waals surface area contributed by atoms with E-state index in [0.717, 1.165) is 38.5 Å². The van der Waals surface area contributed by atoms with Gasteiger partial charge >= 0.3 is 5.97 Å². The van der Waals surface area contributed by atoms with Gasteiger partial charge in [0, 0.05) is 12.8 Å². The molecule has 90 valence electrons. The number of carboxylic acids is 1. The van der Waals surface area contributed by atoms with Gasteiger partial charge in [-0.3, -0.25) is 4.79 Å². The van der Waals surface area contributed by atoms with E-state index in [9.17, 15) is 9.59 Å². The summed E-state index contributed by atoms with van der Waals surface area (Å²) in [6.07, 6.45) is 7.02. The van der Waals surface area contributed by atoms with Crippen molar-refractivity contribution in [3.8, 4) is 0 Å². The summed E-state index contributed by atoms with van der Waals surface area (Å²) in [5.74, 6) is -0.447. The molecule has 0 aliphatic heterocycles. The van der Waals surface area contributed by atoms with Crippen LogP contribution in [0.15, 0.2) is 0 Å². The minimum atomic E-state index is -0.707. The molecule has 4 nitrogen and oxygen atoms in total. The second-order valence-corrected chi connectivity index (χ2v) is 3.72. The Balaban J connectivity index is 0. The van der Waals surface area contributed by atoms with E-state index in [1.54, 1.807) is 6.92 Å². The van der Waals surface area contributed by atoms with E-state index in [0.29, 0.717) is 6.42 Å². The van der Waals surface area contributed by atoms with Crippen molar-refractivity contribution in [1.82, 2.24) is 6.15 Å². The summed E-state index contributed by atoms with van der Waals surface area (Å²) >= 11 is 0. The van der Waals surface area contributed by atoms with Crippen molar-refractivity contribution in [1.29, 1.82) is 0 Å². The molecule has 4 N–H and O–H groups in total. The molecule has 0 unspecified atom stereocenters. The third-order valence-corrected chi connectivity index (χ3v) is 2.17. The highest BCUT2D eigenvalue weighted by molar-refractivity contribution is 5.75. The molecule has 0 aromatic rings. The molecule has 0 heterocycles. The Labute approximate surface area is 91.6 Å². The van der Waals surface area contributed by atoms with Crippen LogP contribution in [0.1, 0.15) is 58.3 Å². The summed E-state index contributed by atoms with van der Waals surface area (Å²) in [5, 5.41) is 8.38. The van der Waals surface area contributed by atoms with Crippen LogP contribution in [-0.4, -0.2) is 16.9 Å². The average Bonchev–Trinajstić information content (AvgIpc) is 2.08. The Morgan fingerprint density at radius 3 is 1.67 bits per heavy atom. The lowest BCUT2D eigenvalue weighted by molar-refractivity contribution is -0.137. The monoisotopic (exact) mass is 217 g/mol. The highest BCUT2D eigenvalue weighted by Crippen LogP contribution is 2.08. The first kappa shape index (κ1) is 16.5. The number of carbonyl (C=O) groups is 2. The summed E-state index contributed by atoms with van der Waals surface area (Å²) in [6, 6.07) is 0. The molecule has 0 aromatic carbocycles. The van der Waals surface area contributed by atoms with Crippen LogP contribution in [0.4, 0.5) is 0 Å². The fourth-order valence-electron chi connectivity index (χ4n) is 1.36. The van der Waals surface area contributed by atoms with Gasteiger partial charge in [0.1, 0.15) is 5.78 Å². The predicted molar refractivity (Wildman–Crippen MR) is 60.3 cm³/mol. The van der Waals surface area contributed by atoms with E-state index in [-0.39, 0.29) is 18.4 Å². The summed E-state index contributed by atoms with van der Waals surface area (Å²) in [4.78, 5) is 20.8. The average molecular weight is 217 g/mol. The molecule has 0 radical (unpaired) electrons. The summed E-state index contributed by atoms with van der Waals surface area (Å²) in [5.41, 5.74) is 0. The van der Waals surface area contributed by atoms with Gasteiger partial charge in [0.05, 0.1) is 0 Å². The zero-order chi connectivity index (χ0) is 10.8. The Hall–Kier alpha value is -0.900. The molecule has 0 amide bonds. The van der Waals surface area contributed by atoms with Gasteiger partial charge in [-0.25, -0.2) is 0 Å². The molecular formula is C11H23NO3. The van der Waals surface area contributed by atoms with E-state index >= 15 is 0 Å². The fourth-order valence-corrected chi connectivity index (χ4v) is 1.36. The quantitative estimate of drug-likeness (QED) is 0.581. The maximum absolute atomic E-state index is 10.6. The van der Waals surface area contributed by atoms with Crippen molar-refractivity contribution in [2.45, 2.75) is 58.3 Å². The topological polar surface area (TPSA) is 89.4 Å². The van der Waals surface area contributed by atoms with Crippen molar-refractivity contribution in [2.75, 3.05) is 0 Å². The first-order chi connectivity index (χ1) is 6.63. The van der Waals surface area contributed by atoms with Gasteiger partial charge in [-0.05, 0) is 19.8 Å². The normalized spacial score (nSPS) is 9.40. The molecular weight excluding hydrogens is 194 g/mol. The number of aliphatic carboxylic acids is 1. The van der Waals surface area contributed by atoms with Gasteiger partial charge in [0.2, 0.25) is 0 Å². The number of Topliss-reactive ketones (excluding diaryl/α,β-unsaturated/α-hetero) is 1. The van der Waals surface area contributed by atoms with Gasteiger partial charge in [-0.1, -0.05) is 25.7 Å². The lowest BCUT2D eigenvalue weighted by Gasteiger charge is -1.99. The van der Waals surface area contributed by atoms with Crippen LogP contribution in [0.25, 0.3) is 0 Å². The Morgan fingerprint density at radius 2 is 1.27 bits per heavy atom. The van der Waals surface area contributed by atoms with Gasteiger partial charge in [0.15, 0.2) is 0 Å². The SMILES string of the molecule is CC(=O)CCCCCCCCC(=O)O.N. The molecule has 0 saturated carbocycles. The van der Waals surface area contributed by atoms with Crippen molar-refractivity contribution >= 4 is 11.8 Å². The summed E-state index contributed by atoms with van der Waals surface area (Å²) < 4.78 is 0. The molecule has 4 heteroatoms. The first-order valence-electron chi connectivity index (χ1n) is 5.34. The fraction of sp³-hybridized carbons (Fsp3) is 0.818. The van der Waals surface area contributed by atoms with Gasteiger partial charge < -0.3 is 16.1 Å². The van der Waals surface area contributed by atoms with E-state index in [2.05, 4.69) is 0 Å². The zero-order valence-corrected chi connectivity index (χ0v) is 9.63. The Morgan fingerprint density at radius 1 is 0.867 bits per heavy atom. The number of hydrogen-bond acceptors (Lipinski definition) is 3. The van der Waals surface area contributed by atoms with Crippen LogP contribution in [0.5, 0.6) is 0 Å². The van der Waals surface area contributed by atoms with Gasteiger partial charge in [-0.2, -0.15) is 0 Å². The number of hydrogen-bond donors (Lipinski definition) is 2. The molecule has 0 aromatic heterocycles. The number of carboxylic acid groups (broad SMARTS) is 1. The molecule has 0 saturated heterocycles. The minimum absolute atomic E-state index is 0. The van der Waals surface area contributed by atoms with Crippen molar-refractivity contribution in [3.63, 3.8) is 0 Å². The molecule has 15 heavy (non-hydrogen) atoms. The number of unbranched alkanes of at least 4 members (excludes halogenated alkanes) is 5. The minimum Gasteiger partial charge on any atom is -0.481 e. The van der Waals surface area contributed by atoms with Crippen LogP contribution >= 0.6 is 0 Å². The highest BCUT2D eigenvalue weighted by Gasteiger charge is 1.97. The van der Waals surface area contributed by atoms with E-state index < -0.39 is 5.97 Å². The lowest BCUT2D eigenvalue weighted by atomic mass is 10.1. The Kier molecular flexibility index (Phi) is 12.3. The van der Waals surface area contributed by atoms with Crippen LogP contribution in [-0.2, 0) is 9.59 Å². The van der Waals surface area contributed by atoms with Gasteiger partial charge in [-0.15, -0.1) is 0 Å². The molecule has 0 aliphatic carbocycles. The maximum atomic E-state index is 10.6. The Bertz CT molecular complexity index is 161. The molecule has 0 spiro atoms. The standard InChI is InChI=1S/C11H20O3.H3N/c1-10(12)8-6-4-2-3-5-7-9-11(13)14;/h2-9H2,1H3,(H,13,14);1H3. The van der Waals surface area contributed by atoms with E-state index in [1.165, 1.54) is 0 Å². The molecule has 0 aliphatic rings. The lowest BCUT2D eigenvalue weighted by Crippen LogP contribution is -1.93. The molecule has 0 rings (SSSR count). The second-order valence-electron chi connectivity index (χ2n) is 3.72. The molecule has 0 fully saturated rings. The second kappa shape index (κ2) is 11.2. The van der Waals surface area contributed by atoms with E-state index in [4.69, 9.17) is 5.11 Å². The van der Waals surface area contributed by atoms with Crippen LogP contribution in [0, 0.1) is 0 Å². The smallest absolute Gasteiger partial charge is 0.303 e. The number of rotatable bonds is 9. The van der Waals surface area contributed by atoms with Crippen LogP contribution in [0.2, 0.25) is 0 Å². The number of carbonyl (C=O) groups excluding carboxylic acids is 1. The van der Waals surface area contributed by atoms with Crippen LogP contribution < -0.4 is 6.15 Å². The number of ketones is 1.